The lowest BCUT2D eigenvalue weighted by molar-refractivity contribution is 0.0954. The van der Waals surface area contributed by atoms with Crippen LogP contribution in [0.5, 0.6) is 5.75 Å². The van der Waals surface area contributed by atoms with Crippen LogP contribution >= 0.6 is 11.6 Å². The highest BCUT2D eigenvalue weighted by Gasteiger charge is 2.38. The Kier molecular flexibility index (Phi) is 5.18. The summed E-state index contributed by atoms with van der Waals surface area (Å²) in [6.07, 6.45) is 3.29. The van der Waals surface area contributed by atoms with Gasteiger partial charge in [0, 0.05) is 17.0 Å². The van der Waals surface area contributed by atoms with Crippen molar-refractivity contribution in [2.75, 3.05) is 0 Å². The molecular weight excluding hydrogens is 338 g/mol. The SMILES string of the molecule is CC1(C)OC(=C(C#N)C#N)C(C#N)=C1/C=C/c1cc(CCl)ccc1O. The smallest absolute Gasteiger partial charge is 0.172 e. The standard InChI is InChI=1S/C19H14ClN3O2/c1-19(2)16(15(11-23)18(25-19)14(9-21)10-22)5-4-13-7-12(8-20)3-6-17(13)24/h3-7,24H,8H2,1-2H3/b5-4+. The molecule has 1 N–H and O–H groups in total. The molecule has 25 heavy (non-hydrogen) atoms. The minimum Gasteiger partial charge on any atom is -0.507 e. The first-order valence-electron chi connectivity index (χ1n) is 7.32. The molecule has 2 rings (SSSR count). The summed E-state index contributed by atoms with van der Waals surface area (Å²) in [4.78, 5) is 0. The first kappa shape index (κ1) is 18.1. The molecule has 0 aliphatic carbocycles. The average Bonchev–Trinajstić information content (AvgIpc) is 2.85. The van der Waals surface area contributed by atoms with Crippen molar-refractivity contribution < 1.29 is 9.84 Å². The number of benzene rings is 1. The summed E-state index contributed by atoms with van der Waals surface area (Å²) in [6.45, 7) is 3.47. The molecule has 0 spiro atoms. The van der Waals surface area contributed by atoms with E-state index in [9.17, 15) is 10.4 Å². The Labute approximate surface area is 150 Å². The zero-order chi connectivity index (χ0) is 18.6. The maximum atomic E-state index is 9.97. The molecule has 5 nitrogen and oxygen atoms in total. The molecule has 1 heterocycles. The molecule has 1 aliphatic rings. The predicted octanol–water partition coefficient (Wildman–Crippen LogP) is 4.07. The van der Waals surface area contributed by atoms with Gasteiger partial charge in [-0.2, -0.15) is 15.8 Å². The van der Waals surface area contributed by atoms with Crippen LogP contribution in [0.15, 0.2) is 46.8 Å². The number of phenolic OH excluding ortho intramolecular Hbond substituents is 1. The van der Waals surface area contributed by atoms with E-state index in [4.69, 9.17) is 26.9 Å². The molecule has 0 saturated heterocycles. The molecule has 0 radical (unpaired) electrons. The number of nitrogens with zero attached hydrogens (tertiary/aromatic N) is 3. The molecule has 1 aliphatic heterocycles. The van der Waals surface area contributed by atoms with Gasteiger partial charge in [-0.3, -0.25) is 0 Å². The lowest BCUT2D eigenvalue weighted by Crippen LogP contribution is -2.20. The van der Waals surface area contributed by atoms with Crippen LogP contribution in [-0.2, 0) is 10.6 Å². The Hall–Kier alpha value is -3.20. The third kappa shape index (κ3) is 3.50. The van der Waals surface area contributed by atoms with E-state index in [-0.39, 0.29) is 22.7 Å². The third-order valence-electron chi connectivity index (χ3n) is 3.74. The second-order valence-electron chi connectivity index (χ2n) is 5.80. The number of hydrogen-bond acceptors (Lipinski definition) is 5. The summed E-state index contributed by atoms with van der Waals surface area (Å²) in [5.41, 5.74) is 0.885. The number of rotatable bonds is 3. The van der Waals surface area contributed by atoms with Gasteiger partial charge in [0.25, 0.3) is 0 Å². The van der Waals surface area contributed by atoms with Gasteiger partial charge in [-0.25, -0.2) is 0 Å². The van der Waals surface area contributed by atoms with E-state index >= 15 is 0 Å². The second-order valence-corrected chi connectivity index (χ2v) is 6.07. The van der Waals surface area contributed by atoms with Gasteiger partial charge in [0.05, 0.1) is 0 Å². The molecule has 0 aromatic heterocycles. The van der Waals surface area contributed by atoms with E-state index in [1.165, 1.54) is 0 Å². The molecule has 1 aromatic rings. The summed E-state index contributed by atoms with van der Waals surface area (Å²) in [5.74, 6) is 0.366. The van der Waals surface area contributed by atoms with Crippen LogP contribution in [0.3, 0.4) is 0 Å². The fourth-order valence-corrected chi connectivity index (χ4v) is 2.64. The van der Waals surface area contributed by atoms with Gasteiger partial charge in [-0.15, -0.1) is 11.6 Å². The van der Waals surface area contributed by atoms with Crippen molar-refractivity contribution in [3.8, 4) is 24.0 Å². The van der Waals surface area contributed by atoms with E-state index in [1.807, 2.05) is 6.07 Å². The van der Waals surface area contributed by atoms with Gasteiger partial charge < -0.3 is 9.84 Å². The highest BCUT2D eigenvalue weighted by atomic mass is 35.5. The first-order valence-corrected chi connectivity index (χ1v) is 7.86. The number of alkyl halides is 1. The fraction of sp³-hybridized carbons (Fsp3) is 0.211. The topological polar surface area (TPSA) is 101 Å². The molecule has 1 aromatic carbocycles. The van der Waals surface area contributed by atoms with Crippen LogP contribution in [-0.4, -0.2) is 10.7 Å². The van der Waals surface area contributed by atoms with Crippen molar-refractivity contribution in [1.82, 2.24) is 0 Å². The molecule has 0 atom stereocenters. The van der Waals surface area contributed by atoms with Crippen molar-refractivity contribution >= 4 is 17.7 Å². The Morgan fingerprint density at radius 1 is 1.24 bits per heavy atom. The number of hydrogen-bond donors (Lipinski definition) is 1. The van der Waals surface area contributed by atoms with Gasteiger partial charge in [0.2, 0.25) is 0 Å². The van der Waals surface area contributed by atoms with E-state index in [2.05, 4.69) is 0 Å². The van der Waals surface area contributed by atoms with Gasteiger partial charge in [-0.1, -0.05) is 18.2 Å². The molecule has 0 saturated carbocycles. The third-order valence-corrected chi connectivity index (χ3v) is 4.05. The summed E-state index contributed by atoms with van der Waals surface area (Å²) < 4.78 is 5.68. The Bertz CT molecular complexity index is 919. The van der Waals surface area contributed by atoms with E-state index in [0.29, 0.717) is 17.0 Å². The molecular formula is C19H14ClN3O2. The van der Waals surface area contributed by atoms with Crippen molar-refractivity contribution in [3.63, 3.8) is 0 Å². The van der Waals surface area contributed by atoms with E-state index in [0.717, 1.165) is 5.56 Å². The van der Waals surface area contributed by atoms with Crippen LogP contribution in [0, 0.1) is 34.0 Å². The summed E-state index contributed by atoms with van der Waals surface area (Å²) in [7, 11) is 0. The van der Waals surface area contributed by atoms with Gasteiger partial charge in [0.1, 0.15) is 35.1 Å². The number of aromatic hydroxyl groups is 1. The Morgan fingerprint density at radius 2 is 1.92 bits per heavy atom. The quantitative estimate of drug-likeness (QED) is 0.653. The van der Waals surface area contributed by atoms with Gasteiger partial charge >= 0.3 is 0 Å². The maximum Gasteiger partial charge on any atom is 0.172 e. The molecule has 124 valence electrons. The zero-order valence-corrected chi connectivity index (χ0v) is 14.4. The number of nitriles is 3. The van der Waals surface area contributed by atoms with Crippen LogP contribution in [0.1, 0.15) is 25.0 Å². The van der Waals surface area contributed by atoms with Gasteiger partial charge in [-0.05, 0) is 31.5 Å². The molecule has 6 heteroatoms. The molecule has 0 unspecified atom stereocenters. The lowest BCUT2D eigenvalue weighted by Gasteiger charge is -2.20. The number of ether oxygens (including phenoxy) is 1. The Morgan fingerprint density at radius 3 is 2.48 bits per heavy atom. The van der Waals surface area contributed by atoms with Crippen molar-refractivity contribution in [2.45, 2.75) is 25.3 Å². The minimum absolute atomic E-state index is 0.0177. The molecule has 0 fully saturated rings. The minimum atomic E-state index is -0.893. The van der Waals surface area contributed by atoms with Crippen LogP contribution in [0.4, 0.5) is 0 Å². The fourth-order valence-electron chi connectivity index (χ4n) is 2.48. The molecule has 0 bridgehead atoms. The van der Waals surface area contributed by atoms with Crippen LogP contribution in [0.25, 0.3) is 6.08 Å². The van der Waals surface area contributed by atoms with Gasteiger partial charge in [0.15, 0.2) is 11.3 Å². The van der Waals surface area contributed by atoms with Crippen LogP contribution in [0.2, 0.25) is 0 Å². The van der Waals surface area contributed by atoms with Crippen molar-refractivity contribution in [3.05, 3.63) is 57.9 Å². The summed E-state index contributed by atoms with van der Waals surface area (Å²) in [5, 5.41) is 37.5. The second kappa shape index (κ2) is 7.14. The number of allylic oxidation sites excluding steroid dienone is 2. The molecule has 0 amide bonds. The summed E-state index contributed by atoms with van der Waals surface area (Å²) >= 11 is 5.81. The summed E-state index contributed by atoms with van der Waals surface area (Å²) in [6, 6.07) is 10.5. The normalized spacial score (nSPS) is 15.4. The van der Waals surface area contributed by atoms with E-state index in [1.54, 1.807) is 56.3 Å². The maximum absolute atomic E-state index is 9.97. The highest BCUT2D eigenvalue weighted by molar-refractivity contribution is 6.17. The average molecular weight is 352 g/mol. The zero-order valence-electron chi connectivity index (χ0n) is 13.7. The Balaban J connectivity index is 2.58. The van der Waals surface area contributed by atoms with Crippen molar-refractivity contribution in [1.29, 1.82) is 15.8 Å². The highest BCUT2D eigenvalue weighted by Crippen LogP contribution is 2.40. The lowest BCUT2D eigenvalue weighted by atomic mass is 9.94. The number of halogens is 1. The predicted molar refractivity (Wildman–Crippen MR) is 92.8 cm³/mol. The number of phenols is 1. The van der Waals surface area contributed by atoms with Crippen LogP contribution < -0.4 is 0 Å². The monoisotopic (exact) mass is 351 g/mol. The first-order chi connectivity index (χ1) is 11.9. The van der Waals surface area contributed by atoms with Crippen molar-refractivity contribution in [2.24, 2.45) is 0 Å². The largest absolute Gasteiger partial charge is 0.507 e. The van der Waals surface area contributed by atoms with E-state index < -0.39 is 5.60 Å².